The number of rotatable bonds is 4. The zero-order valence-corrected chi connectivity index (χ0v) is 12.4. The van der Waals surface area contributed by atoms with E-state index in [2.05, 4.69) is 12.1 Å². The van der Waals surface area contributed by atoms with Crippen molar-refractivity contribution in [2.24, 2.45) is 5.73 Å². The molecule has 2 aromatic rings. The number of nitrogens with two attached hydrogens (primary N) is 1. The van der Waals surface area contributed by atoms with Gasteiger partial charge in [-0.15, -0.1) is 0 Å². The lowest BCUT2D eigenvalue weighted by Gasteiger charge is -2.18. The number of aryl methyl sites for hydroxylation is 2. The van der Waals surface area contributed by atoms with Crippen molar-refractivity contribution in [2.75, 3.05) is 7.11 Å². The Morgan fingerprint density at radius 2 is 1.70 bits per heavy atom. The summed E-state index contributed by atoms with van der Waals surface area (Å²) in [6, 6.07) is 11.7. The molecule has 0 bridgehead atoms. The van der Waals surface area contributed by atoms with Crippen LogP contribution in [0.5, 0.6) is 17.2 Å². The molecule has 0 aliphatic carbocycles. The molecular weight excluding hydrogens is 250 g/mol. The summed E-state index contributed by atoms with van der Waals surface area (Å²) in [6.45, 7) is 6.00. The van der Waals surface area contributed by atoms with Gasteiger partial charge in [0.2, 0.25) is 0 Å². The van der Waals surface area contributed by atoms with E-state index in [1.807, 2.05) is 45.0 Å². The number of hydrogen-bond donors (Lipinski definition) is 1. The molecule has 0 amide bonds. The SMILES string of the molecule is COc1cccc(Oc2cc(C)ccc2C)c1[C@H](C)N. The predicted octanol–water partition coefficient (Wildman–Crippen LogP) is 4.12. The quantitative estimate of drug-likeness (QED) is 0.909. The van der Waals surface area contributed by atoms with Gasteiger partial charge >= 0.3 is 0 Å². The van der Waals surface area contributed by atoms with Gasteiger partial charge in [-0.1, -0.05) is 18.2 Å². The lowest BCUT2D eigenvalue weighted by molar-refractivity contribution is 0.397. The van der Waals surface area contributed by atoms with E-state index >= 15 is 0 Å². The monoisotopic (exact) mass is 271 g/mol. The molecule has 0 fully saturated rings. The summed E-state index contributed by atoms with van der Waals surface area (Å²) in [5.41, 5.74) is 9.19. The minimum absolute atomic E-state index is 0.161. The van der Waals surface area contributed by atoms with Gasteiger partial charge in [-0.25, -0.2) is 0 Å². The van der Waals surface area contributed by atoms with Gasteiger partial charge in [0, 0.05) is 6.04 Å². The molecule has 0 saturated carbocycles. The Bertz CT molecular complexity index is 606. The first-order chi connectivity index (χ1) is 9.52. The highest BCUT2D eigenvalue weighted by molar-refractivity contribution is 5.49. The normalized spacial score (nSPS) is 12.1. The highest BCUT2D eigenvalue weighted by atomic mass is 16.5. The average Bonchev–Trinajstić information content (AvgIpc) is 2.42. The molecule has 0 aliphatic heterocycles. The van der Waals surface area contributed by atoms with Crippen molar-refractivity contribution < 1.29 is 9.47 Å². The maximum atomic E-state index is 6.06. The highest BCUT2D eigenvalue weighted by Crippen LogP contribution is 2.36. The summed E-state index contributed by atoms with van der Waals surface area (Å²) in [4.78, 5) is 0. The molecule has 0 radical (unpaired) electrons. The Morgan fingerprint density at radius 1 is 1.00 bits per heavy atom. The maximum Gasteiger partial charge on any atom is 0.135 e. The second-order valence-electron chi connectivity index (χ2n) is 5.03. The van der Waals surface area contributed by atoms with E-state index in [9.17, 15) is 0 Å². The summed E-state index contributed by atoms with van der Waals surface area (Å²) < 4.78 is 11.4. The summed E-state index contributed by atoms with van der Waals surface area (Å²) in [6.07, 6.45) is 0. The minimum Gasteiger partial charge on any atom is -0.496 e. The van der Waals surface area contributed by atoms with Gasteiger partial charge in [0.15, 0.2) is 0 Å². The van der Waals surface area contributed by atoms with Crippen molar-refractivity contribution in [3.8, 4) is 17.2 Å². The van der Waals surface area contributed by atoms with Crippen LogP contribution in [0.1, 0.15) is 29.7 Å². The molecule has 0 saturated heterocycles. The van der Waals surface area contributed by atoms with Gasteiger partial charge in [-0.05, 0) is 50.1 Å². The van der Waals surface area contributed by atoms with Crippen molar-refractivity contribution in [3.63, 3.8) is 0 Å². The smallest absolute Gasteiger partial charge is 0.135 e. The zero-order chi connectivity index (χ0) is 14.7. The Morgan fingerprint density at radius 3 is 2.35 bits per heavy atom. The third-order valence-electron chi connectivity index (χ3n) is 3.26. The molecule has 0 aliphatic rings. The van der Waals surface area contributed by atoms with E-state index < -0.39 is 0 Å². The Labute approximate surface area is 120 Å². The van der Waals surface area contributed by atoms with E-state index in [1.54, 1.807) is 7.11 Å². The second kappa shape index (κ2) is 5.97. The first-order valence-electron chi connectivity index (χ1n) is 6.70. The molecule has 0 spiro atoms. The van der Waals surface area contributed by atoms with E-state index in [1.165, 1.54) is 0 Å². The van der Waals surface area contributed by atoms with Gasteiger partial charge in [0.1, 0.15) is 17.2 Å². The fraction of sp³-hybridized carbons (Fsp3) is 0.294. The van der Waals surface area contributed by atoms with E-state index in [0.717, 1.165) is 33.9 Å². The molecule has 1 atom stereocenters. The van der Waals surface area contributed by atoms with Crippen LogP contribution in [0, 0.1) is 13.8 Å². The summed E-state index contributed by atoms with van der Waals surface area (Å²) >= 11 is 0. The van der Waals surface area contributed by atoms with Crippen molar-refractivity contribution >= 4 is 0 Å². The van der Waals surface area contributed by atoms with E-state index in [-0.39, 0.29) is 6.04 Å². The van der Waals surface area contributed by atoms with Gasteiger partial charge in [0.25, 0.3) is 0 Å². The lowest BCUT2D eigenvalue weighted by Crippen LogP contribution is -2.09. The summed E-state index contributed by atoms with van der Waals surface area (Å²) in [5, 5.41) is 0. The van der Waals surface area contributed by atoms with Crippen LogP contribution in [0.25, 0.3) is 0 Å². The third kappa shape index (κ3) is 2.94. The van der Waals surface area contributed by atoms with Crippen molar-refractivity contribution in [3.05, 3.63) is 53.1 Å². The second-order valence-corrected chi connectivity index (χ2v) is 5.03. The Balaban J connectivity index is 2.45. The fourth-order valence-corrected chi connectivity index (χ4v) is 2.18. The highest BCUT2D eigenvalue weighted by Gasteiger charge is 2.15. The number of benzene rings is 2. The summed E-state index contributed by atoms with van der Waals surface area (Å²) in [7, 11) is 1.64. The van der Waals surface area contributed by atoms with Crippen LogP contribution >= 0.6 is 0 Å². The molecule has 2 aromatic carbocycles. The fourth-order valence-electron chi connectivity index (χ4n) is 2.18. The molecular formula is C17H21NO2. The molecule has 3 nitrogen and oxygen atoms in total. The van der Waals surface area contributed by atoms with Crippen molar-refractivity contribution in [1.29, 1.82) is 0 Å². The lowest BCUT2D eigenvalue weighted by atomic mass is 10.1. The molecule has 2 N–H and O–H groups in total. The van der Waals surface area contributed by atoms with Gasteiger partial charge in [0.05, 0.1) is 12.7 Å². The molecule has 3 heteroatoms. The van der Waals surface area contributed by atoms with Crippen LogP contribution in [-0.2, 0) is 0 Å². The molecule has 20 heavy (non-hydrogen) atoms. The Kier molecular flexibility index (Phi) is 4.30. The van der Waals surface area contributed by atoms with Gasteiger partial charge in [-0.2, -0.15) is 0 Å². The van der Waals surface area contributed by atoms with Crippen LogP contribution in [0.4, 0.5) is 0 Å². The van der Waals surface area contributed by atoms with Crippen LogP contribution in [0.2, 0.25) is 0 Å². The summed E-state index contributed by atoms with van der Waals surface area (Å²) in [5.74, 6) is 2.34. The Hall–Kier alpha value is -2.00. The molecule has 0 aromatic heterocycles. The molecule has 106 valence electrons. The number of methoxy groups -OCH3 is 1. The van der Waals surface area contributed by atoms with Crippen LogP contribution in [0.15, 0.2) is 36.4 Å². The van der Waals surface area contributed by atoms with E-state index in [0.29, 0.717) is 0 Å². The van der Waals surface area contributed by atoms with Crippen LogP contribution < -0.4 is 15.2 Å². The van der Waals surface area contributed by atoms with Gasteiger partial charge < -0.3 is 15.2 Å². The topological polar surface area (TPSA) is 44.5 Å². The minimum atomic E-state index is -0.161. The van der Waals surface area contributed by atoms with Crippen molar-refractivity contribution in [1.82, 2.24) is 0 Å². The van der Waals surface area contributed by atoms with Crippen molar-refractivity contribution in [2.45, 2.75) is 26.8 Å². The number of ether oxygens (including phenoxy) is 2. The number of hydrogen-bond acceptors (Lipinski definition) is 3. The van der Waals surface area contributed by atoms with Crippen LogP contribution in [0.3, 0.4) is 0 Å². The molecule has 0 heterocycles. The predicted molar refractivity (Wildman–Crippen MR) is 81.6 cm³/mol. The van der Waals surface area contributed by atoms with Crippen LogP contribution in [-0.4, -0.2) is 7.11 Å². The average molecular weight is 271 g/mol. The standard InChI is InChI=1S/C17H21NO2/c1-11-8-9-12(2)16(10-11)20-15-7-5-6-14(19-4)17(15)13(3)18/h5-10,13H,18H2,1-4H3/t13-/m0/s1. The van der Waals surface area contributed by atoms with E-state index in [4.69, 9.17) is 15.2 Å². The molecule has 2 rings (SSSR count). The zero-order valence-electron chi connectivity index (χ0n) is 12.4. The maximum absolute atomic E-state index is 6.06. The largest absolute Gasteiger partial charge is 0.496 e. The first kappa shape index (κ1) is 14.4. The first-order valence-corrected chi connectivity index (χ1v) is 6.70. The van der Waals surface area contributed by atoms with Gasteiger partial charge in [-0.3, -0.25) is 0 Å². The molecule has 0 unspecified atom stereocenters. The third-order valence-corrected chi connectivity index (χ3v) is 3.26.